The van der Waals surface area contributed by atoms with E-state index < -0.39 is 24.0 Å². The first-order chi connectivity index (χ1) is 12.0. The van der Waals surface area contributed by atoms with Gasteiger partial charge in [0.25, 0.3) is 5.91 Å². The van der Waals surface area contributed by atoms with Gasteiger partial charge in [-0.25, -0.2) is 5.48 Å². The van der Waals surface area contributed by atoms with Crippen LogP contribution in [-0.2, 0) is 9.59 Å². The quantitative estimate of drug-likeness (QED) is 0.363. The molecule has 2 atom stereocenters. The maximum Gasteiger partial charge on any atom is 0.268 e. The molecule has 0 aliphatic carbocycles. The van der Waals surface area contributed by atoms with Crippen LogP contribution in [0.15, 0.2) is 60.7 Å². The number of hydrogen-bond acceptors (Lipinski definition) is 4. The number of hydroxylamine groups is 1. The van der Waals surface area contributed by atoms with Gasteiger partial charge < -0.3 is 10.4 Å². The predicted molar refractivity (Wildman–Crippen MR) is 101 cm³/mol. The van der Waals surface area contributed by atoms with Crippen molar-refractivity contribution in [3.8, 4) is 11.1 Å². The summed E-state index contributed by atoms with van der Waals surface area (Å²) in [5.74, 6) is -1.44. The zero-order chi connectivity index (χ0) is 18.2. The lowest BCUT2D eigenvalue weighted by Crippen LogP contribution is -2.51. The molecule has 138 valence electrons. The van der Waals surface area contributed by atoms with Crippen LogP contribution in [0.4, 0.5) is 0 Å². The number of hydrogen-bond donors (Lipinski definition) is 4. The largest absolute Gasteiger partial charge is 0.391 e. The fraction of sp³-hybridized carbons (Fsp3) is 0.200. The van der Waals surface area contributed by atoms with Crippen LogP contribution in [0.5, 0.6) is 0 Å². The first-order valence-electron chi connectivity index (χ1n) is 7.77. The minimum atomic E-state index is -1.23. The molecule has 2 amide bonds. The van der Waals surface area contributed by atoms with Crippen LogP contribution in [0.2, 0.25) is 0 Å². The number of rotatable bonds is 6. The van der Waals surface area contributed by atoms with Gasteiger partial charge in [0.15, 0.2) is 0 Å². The highest BCUT2D eigenvalue weighted by Crippen LogP contribution is 2.19. The number of benzene rings is 2. The van der Waals surface area contributed by atoms with E-state index in [1.807, 2.05) is 54.6 Å². The number of nitrogens with one attached hydrogen (secondary N) is 2. The molecule has 0 radical (unpaired) electrons. The van der Waals surface area contributed by atoms with Crippen molar-refractivity contribution in [2.75, 3.05) is 0 Å². The lowest BCUT2D eigenvalue weighted by molar-refractivity contribution is -0.136. The van der Waals surface area contributed by atoms with Crippen molar-refractivity contribution in [1.82, 2.24) is 10.8 Å². The minimum Gasteiger partial charge on any atom is -0.391 e. The number of carbonyl (C=O) groups is 2. The van der Waals surface area contributed by atoms with Gasteiger partial charge in [0, 0.05) is 6.08 Å². The molecule has 6 heteroatoms. The third-order valence-electron chi connectivity index (χ3n) is 3.62. The van der Waals surface area contributed by atoms with E-state index in [1.54, 1.807) is 6.08 Å². The molecule has 2 aromatic rings. The molecule has 0 saturated heterocycles. The average molecular weight is 356 g/mol. The van der Waals surface area contributed by atoms with E-state index in [4.69, 9.17) is 5.21 Å². The van der Waals surface area contributed by atoms with Gasteiger partial charge >= 0.3 is 0 Å². The van der Waals surface area contributed by atoms with Crippen LogP contribution in [0.25, 0.3) is 17.2 Å². The Bertz CT molecular complexity index is 740. The summed E-state index contributed by atoms with van der Waals surface area (Å²) < 4.78 is 0. The highest BCUT2D eigenvalue weighted by Gasteiger charge is 2.24. The zero-order valence-electron chi connectivity index (χ0n) is 13.7. The molecule has 0 bridgehead atoms. The third kappa shape index (κ3) is 5.84. The number of amides is 2. The molecular weight excluding hydrogens is 332 g/mol. The Kier molecular flexibility index (Phi) is 8.21. The van der Waals surface area contributed by atoms with Crippen molar-refractivity contribution in [2.24, 2.45) is 0 Å². The van der Waals surface area contributed by atoms with Gasteiger partial charge in [-0.3, -0.25) is 14.8 Å². The molecule has 0 fully saturated rings. The van der Waals surface area contributed by atoms with E-state index in [0.29, 0.717) is 0 Å². The fourth-order valence-electron chi connectivity index (χ4n) is 2.27. The molecule has 0 spiro atoms. The topological polar surface area (TPSA) is 98.7 Å². The normalized spacial score (nSPS) is 12.7. The zero-order valence-corrected chi connectivity index (χ0v) is 13.7. The standard InChI is InChI=1S/C19H20N2O4.CH4/c1-13(22)18(19(24)21-25)20-17(23)12-9-14-7-10-16(11-8-14)15-5-3-2-4-6-15;/h2-13,18,22,25H,1H3,(H,20,23)(H,21,24);1H4/b12-9+;/t13-,18+;/m1./s1. The first-order valence-corrected chi connectivity index (χ1v) is 7.77. The van der Waals surface area contributed by atoms with Gasteiger partial charge in [-0.2, -0.15) is 0 Å². The van der Waals surface area contributed by atoms with Crippen molar-refractivity contribution in [3.05, 3.63) is 66.2 Å². The Labute approximate surface area is 153 Å². The molecule has 26 heavy (non-hydrogen) atoms. The van der Waals surface area contributed by atoms with Crippen molar-refractivity contribution < 1.29 is 19.9 Å². The van der Waals surface area contributed by atoms with Gasteiger partial charge in [-0.1, -0.05) is 62.0 Å². The fourth-order valence-corrected chi connectivity index (χ4v) is 2.27. The summed E-state index contributed by atoms with van der Waals surface area (Å²) in [6, 6.07) is 16.3. The van der Waals surface area contributed by atoms with Crippen LogP contribution in [0, 0.1) is 0 Å². The summed E-state index contributed by atoms with van der Waals surface area (Å²) in [5, 5.41) is 20.4. The smallest absolute Gasteiger partial charge is 0.268 e. The van der Waals surface area contributed by atoms with E-state index in [2.05, 4.69) is 5.32 Å². The summed E-state index contributed by atoms with van der Waals surface area (Å²) in [6.07, 6.45) is 1.71. The SMILES string of the molecule is C.C[C@@H](O)[C@H](NC(=O)/C=C/c1ccc(-c2ccccc2)cc1)C(=O)NO. The van der Waals surface area contributed by atoms with E-state index in [-0.39, 0.29) is 7.43 Å². The van der Waals surface area contributed by atoms with Gasteiger partial charge in [-0.05, 0) is 29.7 Å². The lowest BCUT2D eigenvalue weighted by Gasteiger charge is -2.18. The molecule has 0 heterocycles. The predicted octanol–water partition coefficient (Wildman–Crippen LogP) is 2.37. The Morgan fingerprint density at radius 1 is 1.00 bits per heavy atom. The molecule has 2 aromatic carbocycles. The molecule has 0 aromatic heterocycles. The number of carbonyl (C=O) groups excluding carboxylic acids is 2. The molecule has 0 unspecified atom stereocenters. The van der Waals surface area contributed by atoms with Crippen molar-refractivity contribution in [1.29, 1.82) is 0 Å². The second-order valence-corrected chi connectivity index (χ2v) is 5.52. The molecule has 6 nitrogen and oxygen atoms in total. The lowest BCUT2D eigenvalue weighted by atomic mass is 10.0. The Hall–Kier alpha value is -2.96. The summed E-state index contributed by atoms with van der Waals surface area (Å²) in [7, 11) is 0. The van der Waals surface area contributed by atoms with Gasteiger partial charge in [0.2, 0.25) is 5.91 Å². The van der Waals surface area contributed by atoms with Crippen LogP contribution in [0.1, 0.15) is 19.9 Å². The van der Waals surface area contributed by atoms with Gasteiger partial charge in [0.05, 0.1) is 6.10 Å². The number of aliphatic hydroxyl groups is 1. The van der Waals surface area contributed by atoms with Crippen molar-refractivity contribution in [3.63, 3.8) is 0 Å². The second kappa shape index (κ2) is 10.1. The molecule has 0 aliphatic rings. The van der Waals surface area contributed by atoms with Crippen molar-refractivity contribution >= 4 is 17.9 Å². The molecule has 4 N–H and O–H groups in total. The highest BCUT2D eigenvalue weighted by molar-refractivity contribution is 5.95. The maximum atomic E-state index is 11.9. The van der Waals surface area contributed by atoms with E-state index >= 15 is 0 Å². The van der Waals surface area contributed by atoms with Crippen molar-refractivity contribution in [2.45, 2.75) is 26.5 Å². The minimum absolute atomic E-state index is 0. The number of aliphatic hydroxyl groups excluding tert-OH is 1. The summed E-state index contributed by atoms with van der Waals surface area (Å²) in [4.78, 5) is 23.2. The Balaban J connectivity index is 0.00000338. The Morgan fingerprint density at radius 2 is 1.58 bits per heavy atom. The van der Waals surface area contributed by atoms with Crippen LogP contribution < -0.4 is 10.8 Å². The monoisotopic (exact) mass is 356 g/mol. The summed E-state index contributed by atoms with van der Waals surface area (Å²) >= 11 is 0. The second-order valence-electron chi connectivity index (χ2n) is 5.52. The third-order valence-corrected chi connectivity index (χ3v) is 3.62. The van der Waals surface area contributed by atoms with E-state index in [1.165, 1.54) is 18.5 Å². The van der Waals surface area contributed by atoms with Gasteiger partial charge in [-0.15, -0.1) is 0 Å². The van der Waals surface area contributed by atoms with Gasteiger partial charge in [0.1, 0.15) is 6.04 Å². The maximum absolute atomic E-state index is 11.9. The first kappa shape index (κ1) is 21.1. The van der Waals surface area contributed by atoms with E-state index in [0.717, 1.165) is 16.7 Å². The molecular formula is C20H24N2O4. The van der Waals surface area contributed by atoms with Crippen LogP contribution in [0.3, 0.4) is 0 Å². The Morgan fingerprint density at radius 3 is 2.12 bits per heavy atom. The van der Waals surface area contributed by atoms with Crippen LogP contribution >= 0.6 is 0 Å². The average Bonchev–Trinajstić information content (AvgIpc) is 2.64. The molecule has 0 saturated carbocycles. The van der Waals surface area contributed by atoms with E-state index in [9.17, 15) is 14.7 Å². The summed E-state index contributed by atoms with van der Waals surface area (Å²) in [5.41, 5.74) is 4.39. The highest BCUT2D eigenvalue weighted by atomic mass is 16.5. The molecule has 0 aliphatic heterocycles. The molecule has 2 rings (SSSR count). The summed E-state index contributed by atoms with van der Waals surface area (Å²) in [6.45, 7) is 1.34. The van der Waals surface area contributed by atoms with Crippen LogP contribution in [-0.4, -0.2) is 34.3 Å².